The number of nitrogens with zero attached hydrogens (tertiary/aromatic N) is 2. The van der Waals surface area contributed by atoms with Crippen molar-refractivity contribution in [2.45, 2.75) is 79.1 Å². The van der Waals surface area contributed by atoms with Crippen molar-refractivity contribution in [1.29, 1.82) is 0 Å². The molecule has 0 amide bonds. The lowest BCUT2D eigenvalue weighted by atomic mass is 10.3. The fourth-order valence-corrected chi connectivity index (χ4v) is 5.72. The Kier molecular flexibility index (Phi) is 16.6. The summed E-state index contributed by atoms with van der Waals surface area (Å²) in [5.41, 5.74) is 0. The molecule has 0 fully saturated rings. The maximum absolute atomic E-state index is 5.92. The highest BCUT2D eigenvalue weighted by Gasteiger charge is 2.23. The van der Waals surface area contributed by atoms with Gasteiger partial charge in [0.25, 0.3) is 0 Å². The molecule has 2 nitrogen and oxygen atoms in total. The second-order valence-corrected chi connectivity index (χ2v) is 10.5. The molecular weight excluding hydrogens is 405 g/mol. The van der Waals surface area contributed by atoms with Gasteiger partial charge in [-0.15, -0.1) is 0 Å². The third-order valence-electron chi connectivity index (χ3n) is 4.08. The Balaban J connectivity index is 4.67. The lowest BCUT2D eigenvalue weighted by Gasteiger charge is -2.43. The van der Waals surface area contributed by atoms with Gasteiger partial charge in [0.05, 0.1) is 13.1 Å². The largest absolute Gasteiger partial charge is 0.486 e. The van der Waals surface area contributed by atoms with Gasteiger partial charge in [0.2, 0.25) is 4.32 Å². The van der Waals surface area contributed by atoms with Gasteiger partial charge in [0, 0.05) is 23.9 Å². The van der Waals surface area contributed by atoms with Crippen molar-refractivity contribution >= 4 is 67.5 Å². The Bertz CT molecular complexity index is 360. The van der Waals surface area contributed by atoms with Gasteiger partial charge in [-0.1, -0.05) is 65.6 Å². The molecule has 148 valence electrons. The lowest BCUT2D eigenvalue weighted by molar-refractivity contribution is -0.691. The zero-order chi connectivity index (χ0) is 19.1. The first kappa shape index (κ1) is 26.0. The first-order valence-electron chi connectivity index (χ1n) is 9.71. The molecule has 0 rings (SSSR count). The smallest absolute Gasteiger partial charge is 0.226 e. The summed E-state index contributed by atoms with van der Waals surface area (Å²) < 4.78 is 2.35. The van der Waals surface area contributed by atoms with E-state index in [1.807, 2.05) is 0 Å². The highest BCUT2D eigenvalue weighted by atomic mass is 33.1. The summed E-state index contributed by atoms with van der Waals surface area (Å²) in [4.78, 5) is 2.35. The molecule has 0 spiro atoms. The molecule has 0 atom stereocenters. The summed E-state index contributed by atoms with van der Waals surface area (Å²) in [6, 6.07) is 0. The molecule has 0 aromatic heterocycles. The number of unbranched alkanes of at least 4 members (excludes halogenated alkanes) is 4. The van der Waals surface area contributed by atoms with Crippen LogP contribution < -0.4 is 0 Å². The zero-order valence-electron chi connectivity index (χ0n) is 16.4. The predicted molar refractivity (Wildman–Crippen MR) is 129 cm³/mol. The third-order valence-corrected chi connectivity index (χ3v) is 8.78. The van der Waals surface area contributed by atoms with Crippen LogP contribution in [0, 0.1) is 0 Å². The maximum atomic E-state index is 5.92. The zero-order valence-corrected chi connectivity index (χ0v) is 20.5. The number of quaternary nitrogens is 1. The van der Waals surface area contributed by atoms with Crippen LogP contribution in [0.25, 0.3) is 0 Å². The molecule has 25 heavy (non-hydrogen) atoms. The van der Waals surface area contributed by atoms with E-state index in [0.29, 0.717) is 3.89 Å². The molecule has 0 aliphatic heterocycles. The van der Waals surface area contributed by atoms with Crippen molar-refractivity contribution in [2.75, 3.05) is 26.2 Å². The monoisotopic (exact) mass is 440 g/mol. The molecule has 0 unspecified atom stereocenters. The van der Waals surface area contributed by atoms with Crippen molar-refractivity contribution < 1.29 is 3.89 Å². The van der Waals surface area contributed by atoms with Crippen molar-refractivity contribution in [3.63, 3.8) is 0 Å². The van der Waals surface area contributed by atoms with Gasteiger partial charge >= 0.3 is 0 Å². The minimum absolute atomic E-state index is 0.487. The molecule has 0 saturated heterocycles. The number of hydrogen-bond acceptors (Lipinski definition) is 5. The fourth-order valence-electron chi connectivity index (χ4n) is 2.31. The van der Waals surface area contributed by atoms with Gasteiger partial charge < -0.3 is 21.6 Å². The molecule has 0 aliphatic rings. The topological polar surface area (TPSA) is 3.24 Å². The molecule has 0 aromatic rings. The average molecular weight is 441 g/mol. The highest BCUT2D eigenvalue weighted by molar-refractivity contribution is 8.89. The fraction of sp³-hybridized carbons (Fsp3) is 0.889. The summed E-state index contributed by atoms with van der Waals surface area (Å²) in [5, 5.41) is 0. The Morgan fingerprint density at radius 3 is 1.64 bits per heavy atom. The number of hydrogen-bond donors (Lipinski definition) is 0. The van der Waals surface area contributed by atoms with Crippen LogP contribution in [0.2, 0.25) is 0 Å². The maximum Gasteiger partial charge on any atom is 0.226 e. The summed E-state index contributed by atoms with van der Waals surface area (Å²) in [5.74, 6) is 0. The standard InChI is InChI=1S/C18H36N2S5/c1-5-9-13-19(14-10-6-2)17(21)24-25-18(22)20(23,15-11-7-3)16-12-8-4/h5-16H2,1-4H3. The average Bonchev–Trinajstić information content (AvgIpc) is 2.62. The Morgan fingerprint density at radius 2 is 1.24 bits per heavy atom. The second-order valence-electron chi connectivity index (χ2n) is 6.44. The molecule has 0 bridgehead atoms. The van der Waals surface area contributed by atoms with Crippen molar-refractivity contribution in [3.05, 3.63) is 0 Å². The van der Waals surface area contributed by atoms with Gasteiger partial charge in [-0.2, -0.15) is 0 Å². The quantitative estimate of drug-likeness (QED) is 0.142. The molecule has 7 heteroatoms. The second kappa shape index (κ2) is 16.0. The van der Waals surface area contributed by atoms with Gasteiger partial charge in [-0.05, 0) is 48.7 Å². The van der Waals surface area contributed by atoms with E-state index < -0.39 is 0 Å². The Morgan fingerprint density at radius 1 is 0.800 bits per heavy atom. The molecule has 0 saturated carbocycles. The van der Waals surface area contributed by atoms with Gasteiger partial charge in [0.15, 0.2) is 0 Å². The van der Waals surface area contributed by atoms with Gasteiger partial charge in [-0.3, -0.25) is 0 Å². The van der Waals surface area contributed by atoms with Crippen LogP contribution in [0.3, 0.4) is 0 Å². The van der Waals surface area contributed by atoms with Crippen LogP contribution in [0.15, 0.2) is 0 Å². The summed E-state index contributed by atoms with van der Waals surface area (Å²) in [7, 11) is 3.26. The Labute approximate surface area is 180 Å². The lowest BCUT2D eigenvalue weighted by Crippen LogP contribution is -2.46. The first-order valence-corrected chi connectivity index (χ1v) is 13.0. The van der Waals surface area contributed by atoms with E-state index in [-0.39, 0.29) is 0 Å². The molecule has 0 heterocycles. The van der Waals surface area contributed by atoms with Crippen molar-refractivity contribution in [1.82, 2.24) is 4.90 Å². The number of thiocarbonyl (C=S) groups is 2. The normalized spacial score (nSPS) is 11.6. The van der Waals surface area contributed by atoms with Crippen LogP contribution >= 0.6 is 46.0 Å². The predicted octanol–water partition coefficient (Wildman–Crippen LogP) is 6.72. The summed E-state index contributed by atoms with van der Waals surface area (Å²) in [6.07, 6.45) is 9.33. The van der Waals surface area contributed by atoms with E-state index in [1.165, 1.54) is 25.7 Å². The van der Waals surface area contributed by atoms with Gasteiger partial charge in [0.1, 0.15) is 4.32 Å². The summed E-state index contributed by atoms with van der Waals surface area (Å²) in [6.45, 7) is 12.9. The van der Waals surface area contributed by atoms with Crippen molar-refractivity contribution in [2.24, 2.45) is 0 Å². The van der Waals surface area contributed by atoms with E-state index in [2.05, 4.69) is 32.6 Å². The minimum atomic E-state index is 0.487. The Hall–Kier alpha value is 0.990. The van der Waals surface area contributed by atoms with Crippen molar-refractivity contribution in [3.8, 4) is 0 Å². The van der Waals surface area contributed by atoms with E-state index in [9.17, 15) is 0 Å². The molecule has 0 N–H and O–H groups in total. The molecule has 0 radical (unpaired) electrons. The third kappa shape index (κ3) is 11.4. The van der Waals surface area contributed by atoms with Crippen LogP contribution in [0.1, 0.15) is 79.1 Å². The van der Waals surface area contributed by atoms with Crippen LogP contribution in [0.5, 0.6) is 0 Å². The number of rotatable bonds is 12. The van der Waals surface area contributed by atoms with Crippen LogP contribution in [0.4, 0.5) is 0 Å². The van der Waals surface area contributed by atoms with E-state index in [4.69, 9.17) is 37.3 Å². The van der Waals surface area contributed by atoms with E-state index in [1.54, 1.807) is 21.6 Å². The molecular formula is C18H36N2S5. The molecule has 0 aliphatic carbocycles. The van der Waals surface area contributed by atoms with E-state index in [0.717, 1.165) is 60.5 Å². The minimum Gasteiger partial charge on any atom is -0.486 e. The van der Waals surface area contributed by atoms with Crippen LogP contribution in [-0.4, -0.2) is 43.6 Å². The molecule has 0 aromatic carbocycles. The van der Waals surface area contributed by atoms with Crippen LogP contribution in [-0.2, 0) is 12.8 Å². The summed E-state index contributed by atoms with van der Waals surface area (Å²) >= 11 is 17.3. The SMILES string of the molecule is CCCCN(CCCC)C(=S)SSC(=S)[N+]([S-])(CCCC)CCCC. The van der Waals surface area contributed by atoms with E-state index >= 15 is 0 Å². The van der Waals surface area contributed by atoms with Gasteiger partial charge in [-0.25, -0.2) is 0 Å². The first-order chi connectivity index (χ1) is 11.9. The highest BCUT2D eigenvalue weighted by Crippen LogP contribution is 2.32.